The topological polar surface area (TPSA) is 9.23 Å². The molecule has 0 unspecified atom stereocenters. The molecule has 0 aromatic heterocycles. The Labute approximate surface area is 138 Å². The van der Waals surface area contributed by atoms with E-state index in [9.17, 15) is 13.2 Å². The third-order valence-electron chi connectivity index (χ3n) is 5.13. The second kappa shape index (κ2) is 5.40. The fourth-order valence-corrected chi connectivity index (χ4v) is 3.69. The van der Waals surface area contributed by atoms with Gasteiger partial charge in [-0.3, -0.25) is 0 Å². The van der Waals surface area contributed by atoms with Gasteiger partial charge in [-0.2, -0.15) is 13.2 Å². The van der Waals surface area contributed by atoms with Crippen molar-refractivity contribution in [3.8, 4) is 5.75 Å². The summed E-state index contributed by atoms with van der Waals surface area (Å²) >= 11 is 0. The van der Waals surface area contributed by atoms with Crippen LogP contribution in [0.15, 0.2) is 54.1 Å². The molecule has 0 radical (unpaired) electrons. The molecule has 2 atom stereocenters. The number of rotatable bonds is 1. The molecular formula is C20H17F3O. The number of halogens is 3. The minimum atomic E-state index is -4.31. The van der Waals surface area contributed by atoms with Gasteiger partial charge in [0.15, 0.2) is 0 Å². The molecule has 1 aliphatic carbocycles. The lowest BCUT2D eigenvalue weighted by Gasteiger charge is -2.36. The summed E-state index contributed by atoms with van der Waals surface area (Å²) < 4.78 is 44.6. The molecular weight excluding hydrogens is 313 g/mol. The SMILES string of the molecule is CC1=C2CC[C@@H]2[C@H](c2ccc(C(F)(F)F)cc2)Oc2ccccc21. The van der Waals surface area contributed by atoms with E-state index in [1.54, 1.807) is 12.1 Å². The molecule has 1 aliphatic heterocycles. The van der Waals surface area contributed by atoms with Crippen molar-refractivity contribution in [2.45, 2.75) is 32.0 Å². The highest BCUT2D eigenvalue weighted by molar-refractivity contribution is 5.74. The van der Waals surface area contributed by atoms with Crippen LogP contribution in [0.5, 0.6) is 5.75 Å². The maximum atomic E-state index is 12.8. The van der Waals surface area contributed by atoms with Gasteiger partial charge >= 0.3 is 6.18 Å². The summed E-state index contributed by atoms with van der Waals surface area (Å²) in [6, 6.07) is 13.3. The third-order valence-corrected chi connectivity index (χ3v) is 5.13. The van der Waals surface area contributed by atoms with Crippen LogP contribution in [0.4, 0.5) is 13.2 Å². The Morgan fingerprint density at radius 2 is 1.71 bits per heavy atom. The first-order valence-corrected chi connectivity index (χ1v) is 8.08. The first kappa shape index (κ1) is 15.3. The molecule has 1 saturated carbocycles. The van der Waals surface area contributed by atoms with Crippen LogP contribution in [0.25, 0.3) is 5.57 Å². The monoisotopic (exact) mass is 330 g/mol. The third kappa shape index (κ3) is 2.41. The highest BCUT2D eigenvalue weighted by atomic mass is 19.4. The van der Waals surface area contributed by atoms with E-state index in [2.05, 4.69) is 6.92 Å². The van der Waals surface area contributed by atoms with Crippen molar-refractivity contribution >= 4 is 5.57 Å². The fraction of sp³-hybridized carbons (Fsp3) is 0.300. The molecule has 0 amide bonds. The van der Waals surface area contributed by atoms with Gasteiger partial charge in [0, 0.05) is 11.5 Å². The van der Waals surface area contributed by atoms with Crippen LogP contribution in [0.2, 0.25) is 0 Å². The first-order valence-electron chi connectivity index (χ1n) is 8.08. The van der Waals surface area contributed by atoms with Crippen molar-refractivity contribution < 1.29 is 17.9 Å². The van der Waals surface area contributed by atoms with Gasteiger partial charge in [-0.15, -0.1) is 0 Å². The summed E-state index contributed by atoms with van der Waals surface area (Å²) in [7, 11) is 0. The van der Waals surface area contributed by atoms with Crippen molar-refractivity contribution in [2.24, 2.45) is 5.92 Å². The molecule has 0 spiro atoms. The molecule has 4 heteroatoms. The minimum absolute atomic E-state index is 0.227. The number of para-hydroxylation sites is 1. The molecule has 0 N–H and O–H groups in total. The predicted molar refractivity (Wildman–Crippen MR) is 86.6 cm³/mol. The van der Waals surface area contributed by atoms with Crippen LogP contribution in [-0.4, -0.2) is 0 Å². The Hall–Kier alpha value is -2.23. The zero-order valence-corrected chi connectivity index (χ0v) is 13.2. The van der Waals surface area contributed by atoms with Gasteiger partial charge < -0.3 is 4.74 Å². The molecule has 24 heavy (non-hydrogen) atoms. The summed E-state index contributed by atoms with van der Waals surface area (Å²) in [4.78, 5) is 0. The normalized spacial score (nSPS) is 22.8. The highest BCUT2D eigenvalue weighted by Crippen LogP contribution is 2.51. The Morgan fingerprint density at radius 3 is 2.33 bits per heavy atom. The molecule has 2 aliphatic rings. The second-order valence-corrected chi connectivity index (χ2v) is 6.45. The number of hydrogen-bond acceptors (Lipinski definition) is 1. The van der Waals surface area contributed by atoms with Gasteiger partial charge in [0.05, 0.1) is 5.56 Å². The van der Waals surface area contributed by atoms with Gasteiger partial charge in [0.25, 0.3) is 0 Å². The smallest absolute Gasteiger partial charge is 0.416 e. The highest BCUT2D eigenvalue weighted by Gasteiger charge is 2.39. The van der Waals surface area contributed by atoms with E-state index >= 15 is 0 Å². The van der Waals surface area contributed by atoms with Gasteiger partial charge in [0.2, 0.25) is 0 Å². The van der Waals surface area contributed by atoms with Crippen molar-refractivity contribution in [3.05, 3.63) is 70.8 Å². The number of fused-ring (bicyclic) bond motifs is 2. The minimum Gasteiger partial charge on any atom is -0.484 e. The van der Waals surface area contributed by atoms with Gasteiger partial charge in [0.1, 0.15) is 11.9 Å². The Bertz CT molecular complexity index is 802. The Balaban J connectivity index is 1.74. The zero-order valence-electron chi connectivity index (χ0n) is 13.2. The quantitative estimate of drug-likeness (QED) is 0.621. The molecule has 0 saturated heterocycles. The molecule has 1 nitrogen and oxygen atoms in total. The molecule has 4 rings (SSSR count). The van der Waals surface area contributed by atoms with E-state index in [4.69, 9.17) is 4.74 Å². The maximum Gasteiger partial charge on any atom is 0.416 e. The van der Waals surface area contributed by atoms with E-state index in [1.165, 1.54) is 11.1 Å². The standard InChI is InChI=1S/C20H17F3O/c1-12-15-10-11-17(15)19(24-18-5-3-2-4-16(12)18)13-6-8-14(9-7-13)20(21,22)23/h2-9,17,19H,10-11H2,1H3/t17-,19-/m0/s1. The summed E-state index contributed by atoms with van der Waals surface area (Å²) in [6.07, 6.45) is -2.50. The summed E-state index contributed by atoms with van der Waals surface area (Å²) in [6.45, 7) is 2.11. The molecule has 1 heterocycles. The summed E-state index contributed by atoms with van der Waals surface area (Å²) in [5.74, 6) is 1.05. The van der Waals surface area contributed by atoms with Crippen molar-refractivity contribution in [2.75, 3.05) is 0 Å². The molecule has 124 valence electrons. The van der Waals surface area contributed by atoms with Crippen LogP contribution < -0.4 is 4.74 Å². The van der Waals surface area contributed by atoms with Crippen LogP contribution in [-0.2, 0) is 6.18 Å². The van der Waals surface area contributed by atoms with Crippen LogP contribution >= 0.6 is 0 Å². The lowest BCUT2D eigenvalue weighted by molar-refractivity contribution is -0.137. The average molecular weight is 330 g/mol. The summed E-state index contributed by atoms with van der Waals surface area (Å²) in [5, 5.41) is 0. The van der Waals surface area contributed by atoms with E-state index in [1.807, 2.05) is 24.3 Å². The number of alkyl halides is 3. The number of allylic oxidation sites excluding steroid dienone is 1. The van der Waals surface area contributed by atoms with E-state index in [-0.39, 0.29) is 12.0 Å². The van der Waals surface area contributed by atoms with Crippen molar-refractivity contribution in [1.29, 1.82) is 0 Å². The number of benzene rings is 2. The van der Waals surface area contributed by atoms with E-state index < -0.39 is 11.7 Å². The second-order valence-electron chi connectivity index (χ2n) is 6.45. The number of hydrogen-bond donors (Lipinski definition) is 0. The molecule has 0 bridgehead atoms. The number of ether oxygens (including phenoxy) is 1. The van der Waals surface area contributed by atoms with Gasteiger partial charge in [-0.1, -0.05) is 35.9 Å². The maximum absolute atomic E-state index is 12.8. The largest absolute Gasteiger partial charge is 0.484 e. The predicted octanol–water partition coefficient (Wildman–Crippen LogP) is 6.02. The van der Waals surface area contributed by atoms with Crippen LogP contribution in [0, 0.1) is 5.92 Å². The fourth-order valence-electron chi connectivity index (χ4n) is 3.69. The van der Waals surface area contributed by atoms with Gasteiger partial charge in [-0.25, -0.2) is 0 Å². The van der Waals surface area contributed by atoms with E-state index in [0.717, 1.165) is 41.9 Å². The Kier molecular flexibility index (Phi) is 3.44. The molecule has 1 fully saturated rings. The Morgan fingerprint density at radius 1 is 1.00 bits per heavy atom. The molecule has 2 aromatic carbocycles. The van der Waals surface area contributed by atoms with E-state index in [0.29, 0.717) is 0 Å². The first-order chi connectivity index (χ1) is 11.4. The van der Waals surface area contributed by atoms with Gasteiger partial charge in [-0.05, 0) is 49.1 Å². The van der Waals surface area contributed by atoms with Crippen LogP contribution in [0.3, 0.4) is 0 Å². The molecule has 2 aromatic rings. The lowest BCUT2D eigenvalue weighted by Crippen LogP contribution is -2.26. The summed E-state index contributed by atoms with van der Waals surface area (Å²) in [5.41, 5.74) is 3.88. The zero-order chi connectivity index (χ0) is 16.9. The van der Waals surface area contributed by atoms with Crippen molar-refractivity contribution in [1.82, 2.24) is 0 Å². The van der Waals surface area contributed by atoms with Crippen molar-refractivity contribution in [3.63, 3.8) is 0 Å². The average Bonchev–Trinajstić information content (AvgIpc) is 2.60. The van der Waals surface area contributed by atoms with Crippen LogP contribution in [0.1, 0.15) is 42.6 Å². The lowest BCUT2D eigenvalue weighted by atomic mass is 9.71.